The smallest absolute Gasteiger partial charge is 0.0409 e. The molecule has 3 aromatic carbocycles. The summed E-state index contributed by atoms with van der Waals surface area (Å²) in [6.45, 7) is 2.09. The van der Waals surface area contributed by atoms with Crippen molar-refractivity contribution in [3.05, 3.63) is 81.8 Å². The molecule has 104 valence electrons. The molecule has 0 heterocycles. The van der Waals surface area contributed by atoms with Crippen molar-refractivity contribution < 1.29 is 0 Å². The van der Waals surface area contributed by atoms with Gasteiger partial charge in [-0.15, -0.1) is 0 Å². The third-order valence-electron chi connectivity index (χ3n) is 3.56. The highest BCUT2D eigenvalue weighted by Gasteiger charge is 2.03. The van der Waals surface area contributed by atoms with E-state index in [1.54, 1.807) is 0 Å². The first kappa shape index (κ1) is 14.4. The van der Waals surface area contributed by atoms with Gasteiger partial charge in [-0.1, -0.05) is 70.0 Å². The molecule has 0 saturated heterocycles. The maximum absolute atomic E-state index is 6.02. The molecular weight excluding hydrogens is 344 g/mol. The first-order valence-corrected chi connectivity index (χ1v) is 7.93. The monoisotopic (exact) mass is 356 g/mol. The summed E-state index contributed by atoms with van der Waals surface area (Å²) in [5, 5.41) is 0.780. The molecule has 0 aliphatic carbocycles. The molecule has 0 spiro atoms. The average Bonchev–Trinajstić information content (AvgIpc) is 2.48. The summed E-state index contributed by atoms with van der Waals surface area (Å²) in [7, 11) is 0. The standard InChI is InChI=1S/C19H14BrCl/c1-13-12-18(21)10-11-19(13)16-4-2-14(3-5-16)15-6-8-17(20)9-7-15/h2-12H,1H3. The summed E-state index contributed by atoms with van der Waals surface area (Å²) in [6, 6.07) is 23.0. The van der Waals surface area contributed by atoms with Gasteiger partial charge >= 0.3 is 0 Å². The molecule has 0 aliphatic rings. The van der Waals surface area contributed by atoms with Crippen molar-refractivity contribution in [2.75, 3.05) is 0 Å². The van der Waals surface area contributed by atoms with Crippen LogP contribution in [0.15, 0.2) is 71.2 Å². The van der Waals surface area contributed by atoms with E-state index in [2.05, 4.69) is 77.5 Å². The largest absolute Gasteiger partial charge is 0.0843 e. The van der Waals surface area contributed by atoms with Gasteiger partial charge in [0.05, 0.1) is 0 Å². The Bertz CT molecular complexity index is 759. The second kappa shape index (κ2) is 6.05. The molecule has 0 N–H and O–H groups in total. The molecule has 0 aromatic heterocycles. The van der Waals surface area contributed by atoms with Gasteiger partial charge < -0.3 is 0 Å². The SMILES string of the molecule is Cc1cc(Cl)ccc1-c1ccc(-c2ccc(Br)cc2)cc1. The van der Waals surface area contributed by atoms with Gasteiger partial charge in [0.2, 0.25) is 0 Å². The molecule has 0 amide bonds. The van der Waals surface area contributed by atoms with Crippen LogP contribution in [0.25, 0.3) is 22.3 Å². The van der Waals surface area contributed by atoms with Crippen molar-refractivity contribution >= 4 is 27.5 Å². The van der Waals surface area contributed by atoms with Gasteiger partial charge in [0.25, 0.3) is 0 Å². The molecule has 0 atom stereocenters. The zero-order chi connectivity index (χ0) is 14.8. The van der Waals surface area contributed by atoms with Crippen molar-refractivity contribution in [2.24, 2.45) is 0 Å². The van der Waals surface area contributed by atoms with E-state index in [9.17, 15) is 0 Å². The van der Waals surface area contributed by atoms with Crippen molar-refractivity contribution in [3.63, 3.8) is 0 Å². The van der Waals surface area contributed by atoms with E-state index >= 15 is 0 Å². The van der Waals surface area contributed by atoms with Gasteiger partial charge in [0, 0.05) is 9.50 Å². The van der Waals surface area contributed by atoms with Crippen molar-refractivity contribution in [1.29, 1.82) is 0 Å². The fraction of sp³-hybridized carbons (Fsp3) is 0.0526. The highest BCUT2D eigenvalue weighted by molar-refractivity contribution is 9.10. The Morgan fingerprint density at radius 1 is 0.714 bits per heavy atom. The number of hydrogen-bond donors (Lipinski definition) is 0. The third kappa shape index (κ3) is 3.20. The summed E-state index contributed by atoms with van der Waals surface area (Å²) < 4.78 is 1.10. The third-order valence-corrected chi connectivity index (χ3v) is 4.33. The predicted octanol–water partition coefficient (Wildman–Crippen LogP) is 6.74. The Hall–Kier alpha value is -1.57. The minimum atomic E-state index is 0.780. The Morgan fingerprint density at radius 3 is 1.81 bits per heavy atom. The molecule has 0 aliphatic heterocycles. The fourth-order valence-corrected chi connectivity index (χ4v) is 2.93. The lowest BCUT2D eigenvalue weighted by Crippen LogP contribution is -1.84. The molecule has 21 heavy (non-hydrogen) atoms. The summed E-state index contributed by atoms with van der Waals surface area (Å²) in [5.74, 6) is 0. The molecule has 2 heteroatoms. The minimum absolute atomic E-state index is 0.780. The molecule has 0 nitrogen and oxygen atoms in total. The number of aryl methyl sites for hydroxylation is 1. The van der Waals surface area contributed by atoms with Crippen LogP contribution in [-0.4, -0.2) is 0 Å². The van der Waals surface area contributed by atoms with E-state index in [-0.39, 0.29) is 0 Å². The van der Waals surface area contributed by atoms with Crippen LogP contribution in [0.1, 0.15) is 5.56 Å². The van der Waals surface area contributed by atoms with Gasteiger partial charge in [-0.25, -0.2) is 0 Å². The maximum Gasteiger partial charge on any atom is 0.0409 e. The van der Waals surface area contributed by atoms with E-state index in [1.807, 2.05) is 12.1 Å². The molecule has 0 radical (unpaired) electrons. The van der Waals surface area contributed by atoms with Crippen molar-refractivity contribution in [1.82, 2.24) is 0 Å². The van der Waals surface area contributed by atoms with E-state index in [0.29, 0.717) is 0 Å². The van der Waals surface area contributed by atoms with E-state index in [0.717, 1.165) is 9.50 Å². The van der Waals surface area contributed by atoms with Gasteiger partial charge in [-0.2, -0.15) is 0 Å². The van der Waals surface area contributed by atoms with Crippen molar-refractivity contribution in [2.45, 2.75) is 6.92 Å². The Labute approximate surface area is 138 Å². The lowest BCUT2D eigenvalue weighted by Gasteiger charge is -2.08. The lowest BCUT2D eigenvalue weighted by molar-refractivity contribution is 1.46. The molecule has 0 unspecified atom stereocenters. The number of hydrogen-bond acceptors (Lipinski definition) is 0. The number of rotatable bonds is 2. The Morgan fingerprint density at radius 2 is 1.24 bits per heavy atom. The zero-order valence-electron chi connectivity index (χ0n) is 11.6. The van der Waals surface area contributed by atoms with Gasteiger partial charge in [-0.3, -0.25) is 0 Å². The highest BCUT2D eigenvalue weighted by Crippen LogP contribution is 2.29. The predicted molar refractivity (Wildman–Crippen MR) is 94.8 cm³/mol. The maximum atomic E-state index is 6.02. The van der Waals surface area contributed by atoms with Crippen LogP contribution in [0.4, 0.5) is 0 Å². The average molecular weight is 358 g/mol. The minimum Gasteiger partial charge on any atom is -0.0843 e. The molecule has 0 saturated carbocycles. The molecular formula is C19H14BrCl. The Kier molecular flexibility index (Phi) is 4.14. The molecule has 3 rings (SSSR count). The van der Waals surface area contributed by atoms with E-state index < -0.39 is 0 Å². The van der Waals surface area contributed by atoms with Crippen LogP contribution in [0.2, 0.25) is 5.02 Å². The quantitative estimate of drug-likeness (QED) is 0.476. The Balaban J connectivity index is 1.95. The van der Waals surface area contributed by atoms with Gasteiger partial charge in [0.1, 0.15) is 0 Å². The van der Waals surface area contributed by atoms with Crippen LogP contribution < -0.4 is 0 Å². The topological polar surface area (TPSA) is 0 Å². The van der Waals surface area contributed by atoms with Gasteiger partial charge in [-0.05, 0) is 59.0 Å². The van der Waals surface area contributed by atoms with E-state index in [4.69, 9.17) is 11.6 Å². The summed E-state index contributed by atoms with van der Waals surface area (Å²) in [4.78, 5) is 0. The van der Waals surface area contributed by atoms with Crippen LogP contribution in [0, 0.1) is 6.92 Å². The summed E-state index contributed by atoms with van der Waals surface area (Å²) in [6.07, 6.45) is 0. The second-order valence-corrected chi connectivity index (χ2v) is 6.40. The summed E-state index contributed by atoms with van der Waals surface area (Å²) >= 11 is 9.48. The second-order valence-electron chi connectivity index (χ2n) is 5.04. The molecule has 0 fully saturated rings. The highest BCUT2D eigenvalue weighted by atomic mass is 79.9. The first-order valence-electron chi connectivity index (χ1n) is 6.76. The fourth-order valence-electron chi connectivity index (χ4n) is 2.44. The van der Waals surface area contributed by atoms with Gasteiger partial charge in [0.15, 0.2) is 0 Å². The zero-order valence-corrected chi connectivity index (χ0v) is 13.9. The van der Waals surface area contributed by atoms with Crippen LogP contribution in [0.5, 0.6) is 0 Å². The van der Waals surface area contributed by atoms with E-state index in [1.165, 1.54) is 27.8 Å². The number of benzene rings is 3. The van der Waals surface area contributed by atoms with Crippen LogP contribution in [-0.2, 0) is 0 Å². The lowest BCUT2D eigenvalue weighted by atomic mass is 9.98. The molecule has 0 bridgehead atoms. The van der Waals surface area contributed by atoms with Crippen LogP contribution in [0.3, 0.4) is 0 Å². The summed E-state index contributed by atoms with van der Waals surface area (Å²) in [5.41, 5.74) is 6.07. The van der Waals surface area contributed by atoms with Crippen molar-refractivity contribution in [3.8, 4) is 22.3 Å². The van der Waals surface area contributed by atoms with Crippen LogP contribution >= 0.6 is 27.5 Å². The first-order chi connectivity index (χ1) is 10.1. The normalized spacial score (nSPS) is 10.6. The molecule has 3 aromatic rings. The number of halogens is 2.